The summed E-state index contributed by atoms with van der Waals surface area (Å²) in [5, 5.41) is 0. The van der Waals surface area contributed by atoms with Gasteiger partial charge in [0.05, 0.1) is 0 Å². The zero-order valence-electron chi connectivity index (χ0n) is 14.4. The van der Waals surface area contributed by atoms with Gasteiger partial charge in [-0.1, -0.05) is 55.0 Å². The molecule has 0 spiro atoms. The van der Waals surface area contributed by atoms with E-state index in [4.69, 9.17) is 5.73 Å². The molecule has 2 atom stereocenters. The normalized spacial score (nSPS) is 21.7. The molecule has 1 heterocycles. The van der Waals surface area contributed by atoms with Crippen molar-refractivity contribution in [2.75, 3.05) is 6.54 Å². The second kappa shape index (κ2) is 7.59. The fourth-order valence-electron chi connectivity index (χ4n) is 4.34. The number of amides is 1. The summed E-state index contributed by atoms with van der Waals surface area (Å²) >= 11 is 0. The van der Waals surface area contributed by atoms with Crippen molar-refractivity contribution in [3.05, 3.63) is 59.7 Å². The molecule has 4 rings (SSSR count). The Morgan fingerprint density at radius 3 is 2.08 bits per heavy atom. The SMILES string of the molecule is Cl.NC[C@H]1CCC[C@H]1C(=O)N1Cc2ccccc2-c2ccccc2C1. The van der Waals surface area contributed by atoms with Crippen molar-refractivity contribution < 1.29 is 4.79 Å². The number of nitrogens with zero attached hydrogens (tertiary/aromatic N) is 1. The summed E-state index contributed by atoms with van der Waals surface area (Å²) in [4.78, 5) is 15.3. The molecule has 1 aliphatic carbocycles. The number of carbonyl (C=O) groups is 1. The minimum absolute atomic E-state index is 0. The van der Waals surface area contributed by atoms with E-state index in [1.807, 2.05) is 4.90 Å². The predicted octanol–water partition coefficient (Wildman–Crippen LogP) is 3.99. The summed E-state index contributed by atoms with van der Waals surface area (Å²) in [6, 6.07) is 16.9. The third kappa shape index (κ3) is 3.31. The Kier molecular flexibility index (Phi) is 5.45. The molecular weight excluding hydrogens is 332 g/mol. The van der Waals surface area contributed by atoms with Gasteiger partial charge in [0.1, 0.15) is 0 Å². The number of carbonyl (C=O) groups excluding carboxylic acids is 1. The zero-order chi connectivity index (χ0) is 16.5. The van der Waals surface area contributed by atoms with Crippen molar-refractivity contribution in [1.82, 2.24) is 4.90 Å². The van der Waals surface area contributed by atoms with E-state index in [1.54, 1.807) is 0 Å². The molecule has 132 valence electrons. The van der Waals surface area contributed by atoms with Gasteiger partial charge in [0, 0.05) is 19.0 Å². The van der Waals surface area contributed by atoms with Crippen LogP contribution in [0.5, 0.6) is 0 Å². The minimum Gasteiger partial charge on any atom is -0.334 e. The summed E-state index contributed by atoms with van der Waals surface area (Å²) in [6.07, 6.45) is 3.20. The van der Waals surface area contributed by atoms with Crippen LogP contribution in [0, 0.1) is 11.8 Å². The molecule has 1 aliphatic heterocycles. The lowest BCUT2D eigenvalue weighted by molar-refractivity contribution is -0.137. The van der Waals surface area contributed by atoms with Crippen LogP contribution in [-0.4, -0.2) is 17.4 Å². The Hall–Kier alpha value is -1.84. The van der Waals surface area contributed by atoms with Crippen LogP contribution in [0.25, 0.3) is 11.1 Å². The molecule has 2 N–H and O–H groups in total. The van der Waals surface area contributed by atoms with Crippen LogP contribution in [0.2, 0.25) is 0 Å². The molecule has 2 aromatic rings. The number of fused-ring (bicyclic) bond motifs is 3. The minimum atomic E-state index is 0. The van der Waals surface area contributed by atoms with Crippen molar-refractivity contribution in [3.8, 4) is 11.1 Å². The topological polar surface area (TPSA) is 46.3 Å². The first-order chi connectivity index (χ1) is 11.8. The number of benzene rings is 2. The summed E-state index contributed by atoms with van der Waals surface area (Å²) in [6.45, 7) is 2.01. The van der Waals surface area contributed by atoms with Crippen LogP contribution in [-0.2, 0) is 17.9 Å². The molecule has 1 amide bonds. The van der Waals surface area contributed by atoms with Gasteiger partial charge in [-0.3, -0.25) is 4.79 Å². The maximum Gasteiger partial charge on any atom is 0.226 e. The fourth-order valence-corrected chi connectivity index (χ4v) is 4.34. The largest absolute Gasteiger partial charge is 0.334 e. The first-order valence-electron chi connectivity index (χ1n) is 8.93. The summed E-state index contributed by atoms with van der Waals surface area (Å²) in [5.74, 6) is 0.744. The lowest BCUT2D eigenvalue weighted by Crippen LogP contribution is -2.38. The van der Waals surface area contributed by atoms with Gasteiger partial charge < -0.3 is 10.6 Å². The number of hydrogen-bond acceptors (Lipinski definition) is 2. The summed E-state index contributed by atoms with van der Waals surface area (Å²) in [7, 11) is 0. The predicted molar refractivity (Wildman–Crippen MR) is 103 cm³/mol. The second-order valence-electron chi connectivity index (χ2n) is 7.04. The third-order valence-corrected chi connectivity index (χ3v) is 5.64. The standard InChI is InChI=1S/C21H24N2O.ClH/c22-12-15-8-5-11-20(15)21(24)23-13-16-6-1-3-9-18(16)19-10-4-2-7-17(19)14-23;/h1-4,6-7,9-10,15,20H,5,8,11-14,22H2;1H/t15-,20-;/m1./s1. The highest BCUT2D eigenvalue weighted by Gasteiger charge is 2.35. The van der Waals surface area contributed by atoms with E-state index in [9.17, 15) is 4.79 Å². The molecule has 1 saturated carbocycles. The van der Waals surface area contributed by atoms with Crippen molar-refractivity contribution >= 4 is 18.3 Å². The third-order valence-electron chi connectivity index (χ3n) is 5.64. The maximum atomic E-state index is 13.2. The molecule has 0 unspecified atom stereocenters. The molecule has 3 nitrogen and oxygen atoms in total. The van der Waals surface area contributed by atoms with Gasteiger partial charge in [-0.15, -0.1) is 12.4 Å². The summed E-state index contributed by atoms with van der Waals surface area (Å²) < 4.78 is 0. The average Bonchev–Trinajstić information content (AvgIpc) is 3.03. The molecule has 0 radical (unpaired) electrons. The molecular formula is C21H25ClN2O. The van der Waals surface area contributed by atoms with Crippen LogP contribution in [0.1, 0.15) is 30.4 Å². The van der Waals surface area contributed by atoms with Crippen LogP contribution in [0.4, 0.5) is 0 Å². The van der Waals surface area contributed by atoms with E-state index < -0.39 is 0 Å². The number of rotatable bonds is 2. The lowest BCUT2D eigenvalue weighted by Gasteiger charge is -2.27. The molecule has 25 heavy (non-hydrogen) atoms. The van der Waals surface area contributed by atoms with E-state index in [0.29, 0.717) is 25.6 Å². The molecule has 2 aliphatic rings. The highest BCUT2D eigenvalue weighted by molar-refractivity contribution is 5.85. The van der Waals surface area contributed by atoms with Gasteiger partial charge in [-0.25, -0.2) is 0 Å². The van der Waals surface area contributed by atoms with E-state index in [0.717, 1.165) is 19.3 Å². The maximum absolute atomic E-state index is 13.2. The Morgan fingerprint density at radius 2 is 1.52 bits per heavy atom. The number of hydrogen-bond donors (Lipinski definition) is 1. The second-order valence-corrected chi connectivity index (χ2v) is 7.04. The van der Waals surface area contributed by atoms with E-state index in [1.165, 1.54) is 22.3 Å². The Morgan fingerprint density at radius 1 is 0.960 bits per heavy atom. The van der Waals surface area contributed by atoms with Gasteiger partial charge in [0.2, 0.25) is 5.91 Å². The van der Waals surface area contributed by atoms with Crippen LogP contribution in [0.15, 0.2) is 48.5 Å². The lowest BCUT2D eigenvalue weighted by atomic mass is 9.94. The highest BCUT2D eigenvalue weighted by Crippen LogP contribution is 2.36. The molecule has 4 heteroatoms. The van der Waals surface area contributed by atoms with E-state index in [2.05, 4.69) is 48.5 Å². The molecule has 2 aromatic carbocycles. The first kappa shape index (κ1) is 18.0. The van der Waals surface area contributed by atoms with Crippen molar-refractivity contribution in [3.63, 3.8) is 0 Å². The van der Waals surface area contributed by atoms with E-state index in [-0.39, 0.29) is 24.2 Å². The van der Waals surface area contributed by atoms with Crippen LogP contribution in [0.3, 0.4) is 0 Å². The van der Waals surface area contributed by atoms with Gasteiger partial charge >= 0.3 is 0 Å². The molecule has 0 bridgehead atoms. The zero-order valence-corrected chi connectivity index (χ0v) is 15.2. The molecule has 0 saturated heterocycles. The average molecular weight is 357 g/mol. The first-order valence-corrected chi connectivity index (χ1v) is 8.93. The monoisotopic (exact) mass is 356 g/mol. The van der Waals surface area contributed by atoms with Crippen LogP contribution >= 0.6 is 12.4 Å². The Bertz CT molecular complexity index is 714. The van der Waals surface area contributed by atoms with E-state index >= 15 is 0 Å². The van der Waals surface area contributed by atoms with Crippen molar-refractivity contribution in [2.45, 2.75) is 32.4 Å². The Labute approximate surface area is 155 Å². The van der Waals surface area contributed by atoms with Crippen molar-refractivity contribution in [2.24, 2.45) is 17.6 Å². The molecule has 1 fully saturated rings. The fraction of sp³-hybridized carbons (Fsp3) is 0.381. The quantitative estimate of drug-likeness (QED) is 0.884. The van der Waals surface area contributed by atoms with Gasteiger partial charge in [-0.2, -0.15) is 0 Å². The van der Waals surface area contributed by atoms with Gasteiger partial charge in [-0.05, 0) is 47.6 Å². The van der Waals surface area contributed by atoms with Gasteiger partial charge in [0.15, 0.2) is 0 Å². The number of nitrogens with two attached hydrogens (primary N) is 1. The van der Waals surface area contributed by atoms with Gasteiger partial charge in [0.25, 0.3) is 0 Å². The van der Waals surface area contributed by atoms with Crippen LogP contribution < -0.4 is 5.73 Å². The summed E-state index contributed by atoms with van der Waals surface area (Å²) in [5.41, 5.74) is 10.9. The number of halogens is 1. The Balaban J connectivity index is 0.00000182. The molecule has 0 aromatic heterocycles. The van der Waals surface area contributed by atoms with Crippen molar-refractivity contribution in [1.29, 1.82) is 0 Å². The highest BCUT2D eigenvalue weighted by atomic mass is 35.5. The smallest absolute Gasteiger partial charge is 0.226 e.